The summed E-state index contributed by atoms with van der Waals surface area (Å²) >= 11 is 0. The Labute approximate surface area is 85.8 Å². The summed E-state index contributed by atoms with van der Waals surface area (Å²) in [6.45, 7) is 4.31. The lowest BCUT2D eigenvalue weighted by Crippen LogP contribution is -2.23. The van der Waals surface area contributed by atoms with Crippen molar-refractivity contribution >= 4 is 0 Å². The van der Waals surface area contributed by atoms with Gasteiger partial charge < -0.3 is 10.8 Å². The molecule has 0 aliphatic carbocycles. The highest BCUT2D eigenvalue weighted by Gasteiger charge is 2.14. The first-order valence-corrected chi connectivity index (χ1v) is 5.02. The number of hydrogen-bond acceptors (Lipinski definition) is 2. The molecule has 0 unspecified atom stereocenters. The quantitative estimate of drug-likeness (QED) is 0.761. The Morgan fingerprint density at radius 2 is 1.79 bits per heavy atom. The van der Waals surface area contributed by atoms with Crippen molar-refractivity contribution in [2.75, 3.05) is 6.54 Å². The van der Waals surface area contributed by atoms with Crippen LogP contribution in [0.1, 0.15) is 25.0 Å². The van der Waals surface area contributed by atoms with Crippen LogP contribution in [0.5, 0.6) is 0 Å². The van der Waals surface area contributed by atoms with Gasteiger partial charge in [-0.1, -0.05) is 24.3 Å². The van der Waals surface area contributed by atoms with Gasteiger partial charge in [0.1, 0.15) is 0 Å². The van der Waals surface area contributed by atoms with Crippen LogP contribution in [-0.2, 0) is 12.8 Å². The molecule has 0 aliphatic heterocycles. The molecule has 0 aliphatic rings. The molecule has 2 nitrogen and oxygen atoms in total. The van der Waals surface area contributed by atoms with Crippen LogP contribution >= 0.6 is 0 Å². The molecular formula is C12H19NO. The maximum Gasteiger partial charge on any atom is 0.0632 e. The van der Waals surface area contributed by atoms with Crippen LogP contribution < -0.4 is 5.73 Å². The Hall–Kier alpha value is -0.860. The second-order valence-electron chi connectivity index (χ2n) is 4.30. The van der Waals surface area contributed by atoms with Gasteiger partial charge in [-0.05, 0) is 37.9 Å². The van der Waals surface area contributed by atoms with Crippen LogP contribution in [0.3, 0.4) is 0 Å². The summed E-state index contributed by atoms with van der Waals surface area (Å²) in [7, 11) is 0. The Balaban J connectivity index is 2.84. The van der Waals surface area contributed by atoms with E-state index in [1.165, 1.54) is 11.1 Å². The summed E-state index contributed by atoms with van der Waals surface area (Å²) in [6, 6.07) is 8.15. The van der Waals surface area contributed by atoms with Crippen molar-refractivity contribution in [1.29, 1.82) is 0 Å². The average Bonchev–Trinajstić information content (AvgIpc) is 2.06. The Bertz CT molecular complexity index is 289. The molecule has 0 bridgehead atoms. The molecule has 0 aromatic heterocycles. The largest absolute Gasteiger partial charge is 0.390 e. The topological polar surface area (TPSA) is 46.2 Å². The van der Waals surface area contributed by atoms with E-state index in [2.05, 4.69) is 12.1 Å². The van der Waals surface area contributed by atoms with Gasteiger partial charge in [0.05, 0.1) is 5.60 Å². The van der Waals surface area contributed by atoms with E-state index in [-0.39, 0.29) is 0 Å². The maximum absolute atomic E-state index is 9.73. The molecule has 1 aromatic rings. The third kappa shape index (κ3) is 3.48. The number of benzene rings is 1. The highest BCUT2D eigenvalue weighted by molar-refractivity contribution is 5.28. The van der Waals surface area contributed by atoms with Gasteiger partial charge in [0.25, 0.3) is 0 Å². The van der Waals surface area contributed by atoms with Crippen LogP contribution in [0.2, 0.25) is 0 Å². The van der Waals surface area contributed by atoms with Crippen LogP contribution in [-0.4, -0.2) is 17.3 Å². The van der Waals surface area contributed by atoms with Gasteiger partial charge in [0.15, 0.2) is 0 Å². The number of hydrogen-bond donors (Lipinski definition) is 2. The Morgan fingerprint density at radius 3 is 2.29 bits per heavy atom. The normalized spacial score (nSPS) is 11.7. The molecule has 1 rings (SSSR count). The second kappa shape index (κ2) is 4.58. The number of rotatable bonds is 4. The fourth-order valence-electron chi connectivity index (χ4n) is 1.60. The Kier molecular flexibility index (Phi) is 3.67. The van der Waals surface area contributed by atoms with Gasteiger partial charge >= 0.3 is 0 Å². The first kappa shape index (κ1) is 11.2. The minimum Gasteiger partial charge on any atom is -0.390 e. The van der Waals surface area contributed by atoms with E-state index in [9.17, 15) is 5.11 Å². The minimum atomic E-state index is -0.648. The van der Waals surface area contributed by atoms with E-state index in [0.29, 0.717) is 13.0 Å². The first-order chi connectivity index (χ1) is 6.53. The first-order valence-electron chi connectivity index (χ1n) is 5.02. The van der Waals surface area contributed by atoms with E-state index in [0.717, 1.165) is 6.42 Å². The molecular weight excluding hydrogens is 174 g/mol. The van der Waals surface area contributed by atoms with Crippen LogP contribution in [0, 0.1) is 0 Å². The molecule has 0 amide bonds. The zero-order valence-electron chi connectivity index (χ0n) is 8.96. The van der Waals surface area contributed by atoms with Gasteiger partial charge in [0, 0.05) is 6.42 Å². The minimum absolute atomic E-state index is 0.648. The van der Waals surface area contributed by atoms with Gasteiger partial charge in [-0.25, -0.2) is 0 Å². The third-order valence-corrected chi connectivity index (χ3v) is 2.16. The Morgan fingerprint density at radius 1 is 1.21 bits per heavy atom. The molecule has 14 heavy (non-hydrogen) atoms. The molecule has 78 valence electrons. The predicted octanol–water partition coefficient (Wildman–Crippen LogP) is 1.50. The summed E-state index contributed by atoms with van der Waals surface area (Å²) in [6.07, 6.45) is 1.56. The lowest BCUT2D eigenvalue weighted by atomic mass is 9.94. The van der Waals surface area contributed by atoms with Crippen molar-refractivity contribution in [2.24, 2.45) is 5.73 Å². The van der Waals surface area contributed by atoms with Gasteiger partial charge in [-0.3, -0.25) is 0 Å². The lowest BCUT2D eigenvalue weighted by molar-refractivity contribution is 0.0808. The van der Waals surface area contributed by atoms with Crippen molar-refractivity contribution < 1.29 is 5.11 Å². The van der Waals surface area contributed by atoms with Gasteiger partial charge in [-0.2, -0.15) is 0 Å². The molecule has 3 N–H and O–H groups in total. The van der Waals surface area contributed by atoms with E-state index in [4.69, 9.17) is 5.73 Å². The van der Waals surface area contributed by atoms with Crippen molar-refractivity contribution in [3.05, 3.63) is 35.4 Å². The number of nitrogens with two attached hydrogens (primary N) is 1. The lowest BCUT2D eigenvalue weighted by Gasteiger charge is -2.19. The fraction of sp³-hybridized carbons (Fsp3) is 0.500. The molecule has 0 fully saturated rings. The van der Waals surface area contributed by atoms with E-state index in [1.807, 2.05) is 26.0 Å². The maximum atomic E-state index is 9.73. The zero-order chi connectivity index (χ0) is 10.6. The van der Waals surface area contributed by atoms with Crippen molar-refractivity contribution in [2.45, 2.75) is 32.3 Å². The summed E-state index contributed by atoms with van der Waals surface area (Å²) in [5.41, 5.74) is 7.33. The molecule has 0 saturated carbocycles. The third-order valence-electron chi connectivity index (χ3n) is 2.16. The summed E-state index contributed by atoms with van der Waals surface area (Å²) in [4.78, 5) is 0. The van der Waals surface area contributed by atoms with E-state index < -0.39 is 5.60 Å². The van der Waals surface area contributed by atoms with E-state index in [1.54, 1.807) is 0 Å². The smallest absolute Gasteiger partial charge is 0.0632 e. The van der Waals surface area contributed by atoms with Crippen molar-refractivity contribution in [3.8, 4) is 0 Å². The highest BCUT2D eigenvalue weighted by Crippen LogP contribution is 2.16. The molecule has 0 heterocycles. The average molecular weight is 193 g/mol. The molecule has 0 spiro atoms. The standard InChI is InChI=1S/C12H19NO/c1-12(2,14)9-11-6-4-3-5-10(11)7-8-13/h3-6,14H,7-9,13H2,1-2H3. The summed E-state index contributed by atoms with van der Waals surface area (Å²) in [5.74, 6) is 0. The monoisotopic (exact) mass is 193 g/mol. The highest BCUT2D eigenvalue weighted by atomic mass is 16.3. The molecule has 1 aromatic carbocycles. The van der Waals surface area contributed by atoms with Gasteiger partial charge in [0.2, 0.25) is 0 Å². The van der Waals surface area contributed by atoms with Crippen molar-refractivity contribution in [1.82, 2.24) is 0 Å². The van der Waals surface area contributed by atoms with E-state index >= 15 is 0 Å². The van der Waals surface area contributed by atoms with Crippen molar-refractivity contribution in [3.63, 3.8) is 0 Å². The zero-order valence-corrected chi connectivity index (χ0v) is 8.96. The van der Waals surface area contributed by atoms with Crippen LogP contribution in [0.4, 0.5) is 0 Å². The molecule has 0 radical (unpaired) electrons. The number of aliphatic hydroxyl groups is 1. The summed E-state index contributed by atoms with van der Waals surface area (Å²) < 4.78 is 0. The summed E-state index contributed by atoms with van der Waals surface area (Å²) in [5, 5.41) is 9.73. The van der Waals surface area contributed by atoms with Crippen LogP contribution in [0.15, 0.2) is 24.3 Å². The molecule has 2 heteroatoms. The van der Waals surface area contributed by atoms with Crippen LogP contribution in [0.25, 0.3) is 0 Å². The molecule has 0 atom stereocenters. The fourth-order valence-corrected chi connectivity index (χ4v) is 1.60. The van der Waals surface area contributed by atoms with Gasteiger partial charge in [-0.15, -0.1) is 0 Å². The second-order valence-corrected chi connectivity index (χ2v) is 4.30. The SMILES string of the molecule is CC(C)(O)Cc1ccccc1CCN. The predicted molar refractivity (Wildman–Crippen MR) is 59.2 cm³/mol. The molecule has 0 saturated heterocycles.